The molecule has 0 bridgehead atoms. The number of carboxylic acid groups (broad SMARTS) is 1. The van der Waals surface area contributed by atoms with Crippen LogP contribution in [0.4, 0.5) is 0 Å². The lowest BCUT2D eigenvalue weighted by Gasteiger charge is -2.33. The van der Waals surface area contributed by atoms with E-state index in [-0.39, 0.29) is 18.6 Å². The maximum Gasteiger partial charge on any atom is 0.311 e. The van der Waals surface area contributed by atoms with Crippen molar-refractivity contribution in [2.24, 2.45) is 11.3 Å². The summed E-state index contributed by atoms with van der Waals surface area (Å²) >= 11 is 0. The van der Waals surface area contributed by atoms with Crippen LogP contribution in [0.2, 0.25) is 0 Å². The van der Waals surface area contributed by atoms with E-state index in [0.717, 1.165) is 13.0 Å². The number of hydrogen-bond donors (Lipinski definition) is 2. The number of nitrogens with one attached hydrogen (secondary N) is 1. The number of carbonyl (C=O) groups is 2. The van der Waals surface area contributed by atoms with Gasteiger partial charge >= 0.3 is 5.97 Å². The van der Waals surface area contributed by atoms with E-state index in [1.165, 1.54) is 0 Å². The average Bonchev–Trinajstić information content (AvgIpc) is 2.96. The first-order chi connectivity index (χ1) is 8.46. The molecule has 2 fully saturated rings. The lowest BCUT2D eigenvalue weighted by molar-refractivity contribution is -0.147. The molecule has 0 radical (unpaired) electrons. The summed E-state index contributed by atoms with van der Waals surface area (Å²) in [6.07, 6.45) is 0.793. The Labute approximate surface area is 106 Å². The van der Waals surface area contributed by atoms with E-state index >= 15 is 0 Å². The van der Waals surface area contributed by atoms with E-state index in [2.05, 4.69) is 5.32 Å². The quantitative estimate of drug-likeness (QED) is 0.714. The molecule has 2 N–H and O–H groups in total. The van der Waals surface area contributed by atoms with Gasteiger partial charge in [0.15, 0.2) is 0 Å². The fourth-order valence-electron chi connectivity index (χ4n) is 2.74. The molecule has 2 aliphatic rings. The van der Waals surface area contributed by atoms with E-state index in [4.69, 9.17) is 9.84 Å². The van der Waals surface area contributed by atoms with Crippen molar-refractivity contribution in [2.45, 2.75) is 19.4 Å². The lowest BCUT2D eigenvalue weighted by Crippen LogP contribution is -2.50. The summed E-state index contributed by atoms with van der Waals surface area (Å²) in [6, 6.07) is -0.354. The van der Waals surface area contributed by atoms with Crippen LogP contribution in [0, 0.1) is 11.3 Å². The molecule has 0 spiro atoms. The second-order valence-corrected chi connectivity index (χ2v) is 5.45. The zero-order chi connectivity index (χ0) is 13.3. The molecule has 102 valence electrons. The average molecular weight is 256 g/mol. The fraction of sp³-hybridized carbons (Fsp3) is 0.833. The number of ether oxygens (including phenoxy) is 1. The molecule has 0 aliphatic carbocycles. The van der Waals surface area contributed by atoms with Crippen molar-refractivity contribution in [3.63, 3.8) is 0 Å². The monoisotopic (exact) mass is 256 g/mol. The van der Waals surface area contributed by atoms with E-state index in [1.807, 2.05) is 6.92 Å². The van der Waals surface area contributed by atoms with Gasteiger partial charge in [-0.1, -0.05) is 0 Å². The van der Waals surface area contributed by atoms with E-state index < -0.39 is 17.3 Å². The lowest BCUT2D eigenvalue weighted by atomic mass is 9.87. The normalized spacial score (nSPS) is 35.7. The summed E-state index contributed by atoms with van der Waals surface area (Å²) in [5, 5.41) is 12.3. The number of rotatable bonds is 3. The minimum absolute atomic E-state index is 0.00856. The van der Waals surface area contributed by atoms with Crippen molar-refractivity contribution in [2.75, 3.05) is 33.4 Å². The number of carbonyl (C=O) groups excluding carboxylic acids is 1. The number of hydrogen-bond acceptors (Lipinski definition) is 4. The number of nitrogens with zero attached hydrogens (tertiary/aromatic N) is 1. The zero-order valence-corrected chi connectivity index (χ0v) is 10.8. The Morgan fingerprint density at radius 2 is 2.17 bits per heavy atom. The van der Waals surface area contributed by atoms with Crippen LogP contribution < -0.4 is 5.32 Å². The number of amides is 1. The summed E-state index contributed by atoms with van der Waals surface area (Å²) in [5.41, 5.74) is -0.416. The Kier molecular flexibility index (Phi) is 3.59. The van der Waals surface area contributed by atoms with Crippen molar-refractivity contribution in [3.05, 3.63) is 0 Å². The highest BCUT2D eigenvalue weighted by molar-refractivity contribution is 5.84. The molecule has 2 aliphatic heterocycles. The molecule has 6 nitrogen and oxygen atoms in total. The van der Waals surface area contributed by atoms with E-state index in [0.29, 0.717) is 13.2 Å². The summed E-state index contributed by atoms with van der Waals surface area (Å²) in [7, 11) is 1.68. The van der Waals surface area contributed by atoms with Crippen molar-refractivity contribution in [1.82, 2.24) is 10.2 Å². The molecule has 6 heteroatoms. The third-order valence-electron chi connectivity index (χ3n) is 4.07. The first kappa shape index (κ1) is 13.3. The van der Waals surface area contributed by atoms with Gasteiger partial charge in [-0.25, -0.2) is 0 Å². The number of aliphatic carboxylic acids is 1. The topological polar surface area (TPSA) is 78.9 Å². The van der Waals surface area contributed by atoms with Gasteiger partial charge < -0.3 is 20.1 Å². The van der Waals surface area contributed by atoms with Crippen LogP contribution >= 0.6 is 0 Å². The number of likely N-dealkylation sites (N-methyl/N-ethyl adjacent to an activating group) is 1. The van der Waals surface area contributed by atoms with E-state index in [9.17, 15) is 9.59 Å². The van der Waals surface area contributed by atoms with Crippen molar-refractivity contribution >= 4 is 11.9 Å². The predicted molar refractivity (Wildman–Crippen MR) is 64.1 cm³/mol. The van der Waals surface area contributed by atoms with Gasteiger partial charge in [0.1, 0.15) is 5.92 Å². The van der Waals surface area contributed by atoms with Gasteiger partial charge in [-0.05, 0) is 19.9 Å². The van der Waals surface area contributed by atoms with Gasteiger partial charge in [0.2, 0.25) is 5.91 Å². The van der Waals surface area contributed by atoms with Crippen LogP contribution in [-0.4, -0.2) is 61.3 Å². The molecule has 0 aromatic rings. The van der Waals surface area contributed by atoms with Crippen LogP contribution in [-0.2, 0) is 14.3 Å². The largest absolute Gasteiger partial charge is 0.481 e. The van der Waals surface area contributed by atoms with Crippen molar-refractivity contribution in [3.8, 4) is 0 Å². The second-order valence-electron chi connectivity index (χ2n) is 5.45. The minimum Gasteiger partial charge on any atom is -0.481 e. The minimum atomic E-state index is -0.896. The van der Waals surface area contributed by atoms with Gasteiger partial charge in [-0.3, -0.25) is 9.59 Å². The molecule has 0 saturated carbocycles. The highest BCUT2D eigenvalue weighted by Crippen LogP contribution is 2.29. The third kappa shape index (κ3) is 2.22. The van der Waals surface area contributed by atoms with Crippen LogP contribution in [0.25, 0.3) is 0 Å². The highest BCUT2D eigenvalue weighted by atomic mass is 16.5. The molecule has 2 rings (SSSR count). The first-order valence-electron chi connectivity index (χ1n) is 6.24. The van der Waals surface area contributed by atoms with Gasteiger partial charge in [0.25, 0.3) is 0 Å². The molecular weight excluding hydrogens is 236 g/mol. The predicted octanol–water partition coefficient (Wildman–Crippen LogP) is -0.456. The zero-order valence-electron chi connectivity index (χ0n) is 10.8. The van der Waals surface area contributed by atoms with Crippen molar-refractivity contribution in [1.29, 1.82) is 0 Å². The Morgan fingerprint density at radius 3 is 2.72 bits per heavy atom. The summed E-state index contributed by atoms with van der Waals surface area (Å²) in [5.74, 6) is -1.50. The maximum atomic E-state index is 12.5. The maximum absolute atomic E-state index is 12.5. The molecule has 3 atom stereocenters. The van der Waals surface area contributed by atoms with Gasteiger partial charge in [-0.2, -0.15) is 0 Å². The Hall–Kier alpha value is -1.14. The van der Waals surface area contributed by atoms with E-state index in [1.54, 1.807) is 11.9 Å². The molecule has 2 heterocycles. The summed E-state index contributed by atoms with van der Waals surface area (Å²) in [6.45, 7) is 3.91. The Morgan fingerprint density at radius 1 is 1.44 bits per heavy atom. The van der Waals surface area contributed by atoms with Crippen LogP contribution in [0.15, 0.2) is 0 Å². The Bertz CT molecular complexity index is 352. The van der Waals surface area contributed by atoms with Crippen LogP contribution in [0.1, 0.15) is 13.3 Å². The Balaban J connectivity index is 2.08. The molecule has 1 amide bonds. The SMILES string of the molecule is CN(C(=O)C1(C)CCNC1)C1COCC1C(=O)O. The van der Waals surface area contributed by atoms with Crippen molar-refractivity contribution < 1.29 is 19.4 Å². The van der Waals surface area contributed by atoms with Gasteiger partial charge in [0.05, 0.1) is 24.7 Å². The standard InChI is InChI=1S/C12H20N2O4/c1-12(3-4-13-7-12)11(17)14(2)9-6-18-5-8(9)10(15)16/h8-9,13H,3-7H2,1-2H3,(H,15,16). The van der Waals surface area contributed by atoms with Gasteiger partial charge in [0, 0.05) is 13.6 Å². The van der Waals surface area contributed by atoms with Crippen LogP contribution in [0.5, 0.6) is 0 Å². The number of carboxylic acids is 1. The third-order valence-corrected chi connectivity index (χ3v) is 4.07. The summed E-state index contributed by atoms with van der Waals surface area (Å²) in [4.78, 5) is 25.1. The summed E-state index contributed by atoms with van der Waals surface area (Å²) < 4.78 is 5.21. The molecule has 18 heavy (non-hydrogen) atoms. The highest BCUT2D eigenvalue weighted by Gasteiger charge is 2.44. The van der Waals surface area contributed by atoms with Gasteiger partial charge in [-0.15, -0.1) is 0 Å². The molecule has 3 unspecified atom stereocenters. The first-order valence-corrected chi connectivity index (χ1v) is 6.24. The molecular formula is C12H20N2O4. The smallest absolute Gasteiger partial charge is 0.311 e. The second kappa shape index (κ2) is 4.85. The fourth-order valence-corrected chi connectivity index (χ4v) is 2.74. The molecule has 2 saturated heterocycles. The molecule has 0 aromatic carbocycles. The van der Waals surface area contributed by atoms with Crippen LogP contribution in [0.3, 0.4) is 0 Å². The molecule has 0 aromatic heterocycles.